The number of ketones is 1. The van der Waals surface area contributed by atoms with Gasteiger partial charge in [0, 0.05) is 12.1 Å². The van der Waals surface area contributed by atoms with Crippen LogP contribution in [-0.4, -0.2) is 34.7 Å². The van der Waals surface area contributed by atoms with Gasteiger partial charge in [-0.1, -0.05) is 48.0 Å². The zero-order valence-corrected chi connectivity index (χ0v) is 15.6. The summed E-state index contributed by atoms with van der Waals surface area (Å²) in [6.07, 6.45) is -2.79. The van der Waals surface area contributed by atoms with Crippen LogP contribution in [0.1, 0.15) is 40.9 Å². The Kier molecular flexibility index (Phi) is 7.79. The maximum Gasteiger partial charge on any atom is 0.407 e. The molecule has 3 N–H and O–H groups in total. The Balaban J connectivity index is 1.77. The summed E-state index contributed by atoms with van der Waals surface area (Å²) in [5.74, 6) is -0.181. The monoisotopic (exact) mass is 391 g/mol. The molecule has 7 heteroatoms. The minimum absolute atomic E-state index is 0.119. The average Bonchev–Trinajstić information content (AvgIpc) is 2.66. The number of carbonyl (C=O) groups is 2. The Morgan fingerprint density at radius 2 is 1.85 bits per heavy atom. The zero-order valence-electron chi connectivity index (χ0n) is 14.9. The lowest BCUT2D eigenvalue weighted by molar-refractivity contribution is 0.0136. The number of halogens is 1. The third-order valence-electron chi connectivity index (χ3n) is 4.00. The Hall–Kier alpha value is -2.41. The van der Waals surface area contributed by atoms with Gasteiger partial charge in [-0.15, -0.1) is 0 Å². The lowest BCUT2D eigenvalue weighted by atomic mass is 10.00. The molecule has 144 valence electrons. The van der Waals surface area contributed by atoms with Gasteiger partial charge in [-0.25, -0.2) is 4.79 Å². The summed E-state index contributed by atoms with van der Waals surface area (Å²) in [4.78, 5) is 23.0. The van der Waals surface area contributed by atoms with E-state index in [1.807, 2.05) is 30.3 Å². The molecule has 0 spiro atoms. The second-order valence-electron chi connectivity index (χ2n) is 6.08. The molecule has 2 aromatic carbocycles. The average molecular weight is 392 g/mol. The summed E-state index contributed by atoms with van der Waals surface area (Å²) < 4.78 is 5.06. The fourth-order valence-electron chi connectivity index (χ4n) is 2.48. The lowest BCUT2D eigenvalue weighted by Gasteiger charge is -2.19. The van der Waals surface area contributed by atoms with Crippen LogP contribution in [0.2, 0.25) is 5.02 Å². The first kappa shape index (κ1) is 20.9. The van der Waals surface area contributed by atoms with Gasteiger partial charge in [0.15, 0.2) is 5.78 Å². The van der Waals surface area contributed by atoms with Crippen LogP contribution in [0.25, 0.3) is 0 Å². The number of rotatable bonds is 8. The normalized spacial score (nSPS) is 12.9. The summed E-state index contributed by atoms with van der Waals surface area (Å²) in [7, 11) is 0. The van der Waals surface area contributed by atoms with Crippen LogP contribution in [0.5, 0.6) is 0 Å². The van der Waals surface area contributed by atoms with Crippen molar-refractivity contribution in [2.45, 2.75) is 32.2 Å². The van der Waals surface area contributed by atoms with E-state index in [1.54, 1.807) is 0 Å². The summed E-state index contributed by atoms with van der Waals surface area (Å²) in [6.45, 7) is 1.68. The molecule has 2 unspecified atom stereocenters. The number of amides is 1. The van der Waals surface area contributed by atoms with Gasteiger partial charge < -0.3 is 20.3 Å². The molecule has 27 heavy (non-hydrogen) atoms. The molecule has 6 nitrogen and oxygen atoms in total. The SMILES string of the molecule is CC(=O)c1ccc(C(O)C(O)CCNC(=O)OCc2ccccc2)cc1Cl. The molecule has 0 bridgehead atoms. The van der Waals surface area contributed by atoms with Crippen LogP contribution < -0.4 is 5.32 Å². The van der Waals surface area contributed by atoms with E-state index < -0.39 is 18.3 Å². The van der Waals surface area contributed by atoms with Crippen molar-refractivity contribution in [1.29, 1.82) is 0 Å². The number of benzene rings is 2. The van der Waals surface area contributed by atoms with Gasteiger partial charge in [-0.2, -0.15) is 0 Å². The summed E-state index contributed by atoms with van der Waals surface area (Å²) in [5, 5.41) is 23.1. The third-order valence-corrected chi connectivity index (χ3v) is 4.31. The van der Waals surface area contributed by atoms with E-state index in [2.05, 4.69) is 5.32 Å². The van der Waals surface area contributed by atoms with E-state index in [9.17, 15) is 19.8 Å². The standard InChI is InChI=1S/C20H22ClNO5/c1-13(23)16-8-7-15(11-17(16)21)19(25)18(24)9-10-22-20(26)27-12-14-5-3-2-4-6-14/h2-8,11,18-19,24-25H,9-10,12H2,1H3,(H,22,26). The molecule has 0 aromatic heterocycles. The van der Waals surface area contributed by atoms with Gasteiger partial charge in [0.25, 0.3) is 0 Å². The van der Waals surface area contributed by atoms with Crippen molar-refractivity contribution < 1.29 is 24.5 Å². The highest BCUT2D eigenvalue weighted by atomic mass is 35.5. The molecule has 1 amide bonds. The van der Waals surface area contributed by atoms with E-state index in [1.165, 1.54) is 25.1 Å². The van der Waals surface area contributed by atoms with Crippen molar-refractivity contribution in [2.75, 3.05) is 6.54 Å². The molecule has 0 aliphatic carbocycles. The van der Waals surface area contributed by atoms with Crippen LogP contribution in [0.15, 0.2) is 48.5 Å². The Morgan fingerprint density at radius 3 is 2.48 bits per heavy atom. The smallest absolute Gasteiger partial charge is 0.407 e. The summed E-state index contributed by atoms with van der Waals surface area (Å²) in [6, 6.07) is 13.8. The summed E-state index contributed by atoms with van der Waals surface area (Å²) in [5.41, 5.74) is 1.61. The number of carbonyl (C=O) groups excluding carboxylic acids is 2. The Bertz CT molecular complexity index is 781. The highest BCUT2D eigenvalue weighted by Crippen LogP contribution is 2.25. The van der Waals surface area contributed by atoms with Crippen LogP contribution in [0.4, 0.5) is 4.79 Å². The van der Waals surface area contributed by atoms with E-state index >= 15 is 0 Å². The number of hydrogen-bond acceptors (Lipinski definition) is 5. The molecule has 0 aliphatic heterocycles. The van der Waals surface area contributed by atoms with Gasteiger partial charge >= 0.3 is 6.09 Å². The van der Waals surface area contributed by atoms with Crippen LogP contribution in [0.3, 0.4) is 0 Å². The molecular formula is C20H22ClNO5. The van der Waals surface area contributed by atoms with Crippen LogP contribution in [0, 0.1) is 0 Å². The first-order chi connectivity index (χ1) is 12.9. The quantitative estimate of drug-likeness (QED) is 0.600. The lowest BCUT2D eigenvalue weighted by Crippen LogP contribution is -2.29. The number of ether oxygens (including phenoxy) is 1. The number of nitrogens with one attached hydrogen (secondary N) is 1. The van der Waals surface area contributed by atoms with Crippen molar-refractivity contribution in [2.24, 2.45) is 0 Å². The van der Waals surface area contributed by atoms with Crippen molar-refractivity contribution in [3.05, 3.63) is 70.2 Å². The van der Waals surface area contributed by atoms with E-state index in [-0.39, 0.29) is 30.4 Å². The number of hydrogen-bond donors (Lipinski definition) is 3. The fraction of sp³-hybridized carbons (Fsp3) is 0.300. The molecule has 0 radical (unpaired) electrons. The third kappa shape index (κ3) is 6.36. The van der Waals surface area contributed by atoms with Crippen molar-refractivity contribution >= 4 is 23.5 Å². The highest BCUT2D eigenvalue weighted by Gasteiger charge is 2.20. The van der Waals surface area contributed by atoms with Crippen LogP contribution >= 0.6 is 11.6 Å². The molecule has 2 rings (SSSR count). The van der Waals surface area contributed by atoms with Gasteiger partial charge in [0.1, 0.15) is 12.7 Å². The second-order valence-corrected chi connectivity index (χ2v) is 6.49. The Labute approximate surface area is 162 Å². The van der Waals surface area contributed by atoms with Crippen molar-refractivity contribution in [3.63, 3.8) is 0 Å². The molecule has 2 atom stereocenters. The first-order valence-corrected chi connectivity index (χ1v) is 8.87. The fourth-order valence-corrected chi connectivity index (χ4v) is 2.80. The predicted molar refractivity (Wildman–Crippen MR) is 102 cm³/mol. The number of aliphatic hydroxyl groups is 2. The molecular weight excluding hydrogens is 370 g/mol. The minimum Gasteiger partial charge on any atom is -0.445 e. The summed E-state index contributed by atoms with van der Waals surface area (Å²) >= 11 is 6.02. The van der Waals surface area contributed by atoms with Gasteiger partial charge in [0.05, 0.1) is 11.1 Å². The van der Waals surface area contributed by atoms with Crippen molar-refractivity contribution in [1.82, 2.24) is 5.32 Å². The molecule has 0 heterocycles. The van der Waals surface area contributed by atoms with Crippen LogP contribution in [-0.2, 0) is 11.3 Å². The zero-order chi connectivity index (χ0) is 19.8. The second kappa shape index (κ2) is 10.1. The molecule has 0 aliphatic rings. The number of Topliss-reactive ketones (excluding diaryl/α,β-unsaturated/α-hetero) is 1. The molecule has 0 saturated heterocycles. The first-order valence-electron chi connectivity index (χ1n) is 8.49. The van der Waals surface area contributed by atoms with Gasteiger partial charge in [-0.3, -0.25) is 4.79 Å². The predicted octanol–water partition coefficient (Wildman–Crippen LogP) is 3.25. The van der Waals surface area contributed by atoms with E-state index in [0.717, 1.165) is 5.56 Å². The van der Waals surface area contributed by atoms with E-state index in [0.29, 0.717) is 11.1 Å². The van der Waals surface area contributed by atoms with Gasteiger partial charge in [-0.05, 0) is 36.6 Å². The van der Waals surface area contributed by atoms with E-state index in [4.69, 9.17) is 16.3 Å². The van der Waals surface area contributed by atoms with Crippen molar-refractivity contribution in [3.8, 4) is 0 Å². The minimum atomic E-state index is -1.19. The topological polar surface area (TPSA) is 95.9 Å². The maximum atomic E-state index is 11.7. The number of alkyl carbamates (subject to hydrolysis) is 1. The Morgan fingerprint density at radius 1 is 1.15 bits per heavy atom. The molecule has 2 aromatic rings. The number of aliphatic hydroxyl groups excluding tert-OH is 2. The largest absolute Gasteiger partial charge is 0.445 e. The van der Waals surface area contributed by atoms with Gasteiger partial charge in [0.2, 0.25) is 0 Å². The highest BCUT2D eigenvalue weighted by molar-refractivity contribution is 6.33. The molecule has 0 saturated carbocycles. The molecule has 0 fully saturated rings. The maximum absolute atomic E-state index is 11.7.